The molecule has 15 heavy (non-hydrogen) atoms. The third kappa shape index (κ3) is 1.77. The first kappa shape index (κ1) is 9.30. The number of rotatable bonds is 2. The largest absolute Gasteiger partial charge is 0.340 e. The maximum atomic E-state index is 4.97. The van der Waals surface area contributed by atoms with Gasteiger partial charge in [-0.05, 0) is 24.9 Å². The Morgan fingerprint density at radius 3 is 2.73 bits per heavy atom. The monoisotopic (exact) mass is 208 g/mol. The Balaban J connectivity index is 1.61. The Morgan fingerprint density at radius 1 is 1.40 bits per heavy atom. The van der Waals surface area contributed by atoms with Crippen LogP contribution in [0.1, 0.15) is 11.7 Å². The predicted octanol–water partition coefficient (Wildman–Crippen LogP) is 0.0292. The van der Waals surface area contributed by atoms with Crippen LogP contribution < -0.4 is 5.32 Å². The second kappa shape index (κ2) is 3.57. The third-order valence-corrected chi connectivity index (χ3v) is 3.40. The van der Waals surface area contributed by atoms with Crippen molar-refractivity contribution in [2.45, 2.75) is 13.5 Å². The van der Waals surface area contributed by atoms with Gasteiger partial charge in [0.1, 0.15) is 0 Å². The molecule has 0 radical (unpaired) electrons. The molecular weight excluding hydrogens is 192 g/mol. The molecule has 1 N–H and O–H groups in total. The van der Waals surface area contributed by atoms with E-state index in [-0.39, 0.29) is 0 Å². The number of hydrogen-bond donors (Lipinski definition) is 1. The van der Waals surface area contributed by atoms with Crippen LogP contribution in [0, 0.1) is 18.8 Å². The number of nitrogens with zero attached hydrogens (tertiary/aromatic N) is 3. The summed E-state index contributed by atoms with van der Waals surface area (Å²) < 4.78 is 4.97. The van der Waals surface area contributed by atoms with E-state index >= 15 is 0 Å². The molecule has 0 aliphatic carbocycles. The Bertz CT molecular complexity index is 339. The van der Waals surface area contributed by atoms with Crippen LogP contribution in [0.15, 0.2) is 4.52 Å². The zero-order valence-electron chi connectivity index (χ0n) is 8.94. The first-order chi connectivity index (χ1) is 7.31. The van der Waals surface area contributed by atoms with E-state index in [1.807, 2.05) is 6.92 Å². The van der Waals surface area contributed by atoms with Crippen LogP contribution in [0.2, 0.25) is 0 Å². The molecule has 2 saturated heterocycles. The number of fused-ring (bicyclic) bond motifs is 1. The molecule has 0 bridgehead atoms. The molecule has 0 spiro atoms. The second-order valence-corrected chi connectivity index (χ2v) is 4.60. The predicted molar refractivity (Wildman–Crippen MR) is 54.2 cm³/mol. The number of aryl methyl sites for hydroxylation is 1. The van der Waals surface area contributed by atoms with Gasteiger partial charge in [0.25, 0.3) is 0 Å². The molecule has 3 rings (SSSR count). The van der Waals surface area contributed by atoms with Crippen LogP contribution in [0.4, 0.5) is 0 Å². The lowest BCUT2D eigenvalue weighted by Crippen LogP contribution is -2.25. The highest BCUT2D eigenvalue weighted by atomic mass is 16.5. The van der Waals surface area contributed by atoms with Crippen molar-refractivity contribution in [3.05, 3.63) is 11.7 Å². The molecule has 2 aliphatic rings. The summed E-state index contributed by atoms with van der Waals surface area (Å²) in [4.78, 5) is 6.66. The van der Waals surface area contributed by atoms with Crippen LogP contribution in [-0.4, -0.2) is 41.2 Å². The van der Waals surface area contributed by atoms with Crippen molar-refractivity contribution < 1.29 is 4.52 Å². The average Bonchev–Trinajstić information content (AvgIpc) is 2.81. The molecule has 0 saturated carbocycles. The van der Waals surface area contributed by atoms with Crippen LogP contribution >= 0.6 is 0 Å². The summed E-state index contributed by atoms with van der Waals surface area (Å²) in [5, 5.41) is 7.37. The molecule has 0 unspecified atom stereocenters. The van der Waals surface area contributed by atoms with Gasteiger partial charge in [-0.1, -0.05) is 5.16 Å². The minimum atomic E-state index is 0.658. The van der Waals surface area contributed by atoms with E-state index in [0.29, 0.717) is 5.89 Å². The molecule has 1 aromatic heterocycles. The summed E-state index contributed by atoms with van der Waals surface area (Å²) in [6.45, 7) is 7.36. The minimum absolute atomic E-state index is 0.658. The highest BCUT2D eigenvalue weighted by molar-refractivity contribution is 4.93. The minimum Gasteiger partial charge on any atom is -0.340 e. The van der Waals surface area contributed by atoms with Crippen molar-refractivity contribution in [1.82, 2.24) is 20.4 Å². The number of nitrogens with one attached hydrogen (secondary N) is 1. The van der Waals surface area contributed by atoms with Gasteiger partial charge in [0, 0.05) is 20.0 Å². The van der Waals surface area contributed by atoms with Gasteiger partial charge in [-0.25, -0.2) is 0 Å². The van der Waals surface area contributed by atoms with Crippen molar-refractivity contribution in [1.29, 1.82) is 0 Å². The van der Waals surface area contributed by atoms with Gasteiger partial charge in [0.2, 0.25) is 5.89 Å². The maximum absolute atomic E-state index is 4.97. The first-order valence-electron chi connectivity index (χ1n) is 5.53. The van der Waals surface area contributed by atoms with Crippen LogP contribution in [0.3, 0.4) is 0 Å². The lowest BCUT2D eigenvalue weighted by Gasteiger charge is -2.13. The van der Waals surface area contributed by atoms with E-state index in [1.54, 1.807) is 0 Å². The Hall–Kier alpha value is -0.940. The average molecular weight is 208 g/mol. The number of likely N-dealkylation sites (tertiary alicyclic amines) is 1. The van der Waals surface area contributed by atoms with Gasteiger partial charge in [-0.15, -0.1) is 0 Å². The van der Waals surface area contributed by atoms with Crippen LogP contribution in [0.25, 0.3) is 0 Å². The topological polar surface area (TPSA) is 54.2 Å². The van der Waals surface area contributed by atoms with E-state index in [4.69, 9.17) is 4.52 Å². The summed E-state index contributed by atoms with van der Waals surface area (Å²) in [6.07, 6.45) is 0. The van der Waals surface area contributed by atoms with Crippen molar-refractivity contribution in [2.75, 3.05) is 26.2 Å². The van der Waals surface area contributed by atoms with Gasteiger partial charge < -0.3 is 9.84 Å². The van der Waals surface area contributed by atoms with Gasteiger partial charge in [0.05, 0.1) is 6.54 Å². The molecule has 2 aliphatic heterocycles. The highest BCUT2D eigenvalue weighted by Gasteiger charge is 2.36. The standard InChI is InChI=1S/C10H16N4O/c1-7-12-10(13-15-7)6-14-4-8-2-11-3-9(8)5-14/h8-9,11H,2-6H2,1H3/t8-,9-/m0/s1. The summed E-state index contributed by atoms with van der Waals surface area (Å²) in [5.41, 5.74) is 0. The van der Waals surface area contributed by atoms with Crippen molar-refractivity contribution in [3.63, 3.8) is 0 Å². The summed E-state index contributed by atoms with van der Waals surface area (Å²) in [7, 11) is 0. The first-order valence-corrected chi connectivity index (χ1v) is 5.53. The van der Waals surface area contributed by atoms with Crippen molar-refractivity contribution in [3.8, 4) is 0 Å². The zero-order valence-corrected chi connectivity index (χ0v) is 8.94. The zero-order chi connectivity index (χ0) is 10.3. The summed E-state index contributed by atoms with van der Waals surface area (Å²) >= 11 is 0. The molecular formula is C10H16N4O. The molecule has 2 atom stereocenters. The molecule has 5 nitrogen and oxygen atoms in total. The van der Waals surface area contributed by atoms with Gasteiger partial charge in [-0.2, -0.15) is 4.98 Å². The molecule has 0 amide bonds. The molecule has 3 heterocycles. The molecule has 1 aromatic rings. The molecule has 5 heteroatoms. The number of hydrogen-bond acceptors (Lipinski definition) is 5. The smallest absolute Gasteiger partial charge is 0.223 e. The van der Waals surface area contributed by atoms with E-state index in [2.05, 4.69) is 20.4 Å². The van der Waals surface area contributed by atoms with Crippen molar-refractivity contribution in [2.24, 2.45) is 11.8 Å². The normalized spacial score (nSPS) is 31.0. The van der Waals surface area contributed by atoms with Gasteiger partial charge in [0.15, 0.2) is 5.82 Å². The van der Waals surface area contributed by atoms with Crippen LogP contribution in [-0.2, 0) is 6.54 Å². The molecule has 82 valence electrons. The Kier molecular flexibility index (Phi) is 2.21. The van der Waals surface area contributed by atoms with Gasteiger partial charge in [-0.3, -0.25) is 4.90 Å². The fourth-order valence-corrected chi connectivity index (χ4v) is 2.69. The van der Waals surface area contributed by atoms with E-state index in [9.17, 15) is 0 Å². The molecule has 0 aromatic carbocycles. The summed E-state index contributed by atoms with van der Waals surface area (Å²) in [5.74, 6) is 3.14. The lowest BCUT2D eigenvalue weighted by atomic mass is 10.0. The lowest BCUT2D eigenvalue weighted by molar-refractivity contribution is 0.290. The van der Waals surface area contributed by atoms with E-state index < -0.39 is 0 Å². The fourth-order valence-electron chi connectivity index (χ4n) is 2.69. The van der Waals surface area contributed by atoms with Crippen LogP contribution in [0.5, 0.6) is 0 Å². The Morgan fingerprint density at radius 2 is 2.13 bits per heavy atom. The second-order valence-electron chi connectivity index (χ2n) is 4.60. The van der Waals surface area contributed by atoms with E-state index in [0.717, 1.165) is 24.2 Å². The highest BCUT2D eigenvalue weighted by Crippen LogP contribution is 2.26. The fraction of sp³-hybridized carbons (Fsp3) is 0.800. The maximum Gasteiger partial charge on any atom is 0.223 e. The van der Waals surface area contributed by atoms with E-state index in [1.165, 1.54) is 26.2 Å². The summed E-state index contributed by atoms with van der Waals surface area (Å²) in [6, 6.07) is 0. The third-order valence-electron chi connectivity index (χ3n) is 3.40. The quantitative estimate of drug-likeness (QED) is 0.743. The molecule has 2 fully saturated rings. The van der Waals surface area contributed by atoms with Crippen molar-refractivity contribution >= 4 is 0 Å². The number of aromatic nitrogens is 2. The Labute approximate surface area is 88.8 Å². The SMILES string of the molecule is Cc1nc(CN2C[C@@H]3CNC[C@H]3C2)no1. The van der Waals surface area contributed by atoms with Gasteiger partial charge >= 0.3 is 0 Å².